The second-order valence-corrected chi connectivity index (χ2v) is 5.82. The molecular weight excluding hydrogens is 261 g/mol. The SMILES string of the molecule is C[C@@H](NC[C@@](C)(O)c1cccs1)c1ccccc1F. The van der Waals surface area contributed by atoms with Gasteiger partial charge in [0.25, 0.3) is 0 Å². The fourth-order valence-corrected chi connectivity index (χ4v) is 2.75. The molecular formula is C15H18FNOS. The predicted molar refractivity (Wildman–Crippen MR) is 76.7 cm³/mol. The second kappa shape index (κ2) is 5.82. The molecule has 4 heteroatoms. The summed E-state index contributed by atoms with van der Waals surface area (Å²) in [6.45, 7) is 4.03. The first-order valence-corrected chi connectivity index (χ1v) is 7.13. The molecule has 0 radical (unpaired) electrons. The topological polar surface area (TPSA) is 32.3 Å². The van der Waals surface area contributed by atoms with Gasteiger partial charge in [-0.3, -0.25) is 0 Å². The van der Waals surface area contributed by atoms with Gasteiger partial charge < -0.3 is 10.4 Å². The third kappa shape index (κ3) is 3.41. The zero-order valence-corrected chi connectivity index (χ0v) is 11.9. The smallest absolute Gasteiger partial charge is 0.127 e. The van der Waals surface area contributed by atoms with E-state index in [-0.39, 0.29) is 11.9 Å². The fraction of sp³-hybridized carbons (Fsp3) is 0.333. The lowest BCUT2D eigenvalue weighted by Gasteiger charge is -2.25. The van der Waals surface area contributed by atoms with Crippen LogP contribution >= 0.6 is 11.3 Å². The molecule has 1 heterocycles. The van der Waals surface area contributed by atoms with E-state index in [1.165, 1.54) is 17.4 Å². The van der Waals surface area contributed by atoms with Crippen LogP contribution in [0.3, 0.4) is 0 Å². The van der Waals surface area contributed by atoms with E-state index in [0.29, 0.717) is 12.1 Å². The van der Waals surface area contributed by atoms with Crippen molar-refractivity contribution in [3.05, 3.63) is 58.0 Å². The summed E-state index contributed by atoms with van der Waals surface area (Å²) in [5, 5.41) is 15.5. The fourth-order valence-electron chi connectivity index (χ4n) is 1.96. The number of rotatable bonds is 5. The molecule has 0 saturated heterocycles. The molecule has 0 aliphatic heterocycles. The Morgan fingerprint density at radius 2 is 2.05 bits per heavy atom. The van der Waals surface area contributed by atoms with E-state index >= 15 is 0 Å². The molecule has 0 unspecified atom stereocenters. The number of aliphatic hydroxyl groups is 1. The summed E-state index contributed by atoms with van der Waals surface area (Å²) in [5.41, 5.74) is -0.322. The van der Waals surface area contributed by atoms with E-state index in [4.69, 9.17) is 0 Å². The summed E-state index contributed by atoms with van der Waals surface area (Å²) in [4.78, 5) is 0.903. The highest BCUT2D eigenvalue weighted by molar-refractivity contribution is 7.10. The average Bonchev–Trinajstić information content (AvgIpc) is 2.91. The Morgan fingerprint density at radius 3 is 2.68 bits per heavy atom. The van der Waals surface area contributed by atoms with Gasteiger partial charge in [0.2, 0.25) is 0 Å². The molecule has 0 bridgehead atoms. The summed E-state index contributed by atoms with van der Waals surface area (Å²) in [6.07, 6.45) is 0. The molecule has 0 saturated carbocycles. The van der Waals surface area contributed by atoms with Crippen LogP contribution in [0.4, 0.5) is 4.39 Å². The first kappa shape index (κ1) is 14.2. The molecule has 1 aromatic carbocycles. The van der Waals surface area contributed by atoms with E-state index in [1.54, 1.807) is 19.1 Å². The van der Waals surface area contributed by atoms with Gasteiger partial charge in [0, 0.05) is 23.0 Å². The van der Waals surface area contributed by atoms with E-state index in [9.17, 15) is 9.50 Å². The monoisotopic (exact) mass is 279 g/mol. The Labute approximate surface area is 116 Å². The molecule has 19 heavy (non-hydrogen) atoms. The minimum atomic E-state index is -0.937. The minimum absolute atomic E-state index is 0.146. The molecule has 2 aromatic rings. The first-order valence-electron chi connectivity index (χ1n) is 6.25. The van der Waals surface area contributed by atoms with Crippen molar-refractivity contribution in [2.45, 2.75) is 25.5 Å². The van der Waals surface area contributed by atoms with Crippen molar-refractivity contribution in [3.8, 4) is 0 Å². The maximum absolute atomic E-state index is 13.6. The number of thiophene rings is 1. The molecule has 0 aliphatic carbocycles. The van der Waals surface area contributed by atoms with Crippen LogP contribution in [0.25, 0.3) is 0 Å². The highest BCUT2D eigenvalue weighted by Gasteiger charge is 2.25. The van der Waals surface area contributed by atoms with Gasteiger partial charge in [-0.25, -0.2) is 4.39 Å². The van der Waals surface area contributed by atoms with Crippen LogP contribution < -0.4 is 5.32 Å². The van der Waals surface area contributed by atoms with Crippen molar-refractivity contribution >= 4 is 11.3 Å². The molecule has 0 amide bonds. The third-order valence-electron chi connectivity index (χ3n) is 3.18. The predicted octanol–water partition coefficient (Wildman–Crippen LogP) is 3.45. The van der Waals surface area contributed by atoms with Crippen LogP contribution in [0, 0.1) is 5.82 Å². The van der Waals surface area contributed by atoms with Gasteiger partial charge in [0.05, 0.1) is 0 Å². The zero-order valence-electron chi connectivity index (χ0n) is 11.1. The highest BCUT2D eigenvalue weighted by atomic mass is 32.1. The lowest BCUT2D eigenvalue weighted by Crippen LogP contribution is -2.36. The van der Waals surface area contributed by atoms with Gasteiger partial charge in [-0.15, -0.1) is 11.3 Å². The van der Waals surface area contributed by atoms with E-state index in [1.807, 2.05) is 30.5 Å². The number of hydrogen-bond donors (Lipinski definition) is 2. The van der Waals surface area contributed by atoms with Crippen LogP contribution in [0.15, 0.2) is 41.8 Å². The average molecular weight is 279 g/mol. The molecule has 102 valence electrons. The molecule has 0 aliphatic rings. The Hall–Kier alpha value is -1.23. The van der Waals surface area contributed by atoms with E-state index < -0.39 is 5.60 Å². The first-order chi connectivity index (χ1) is 9.00. The Bertz CT molecular complexity index is 525. The standard InChI is InChI=1S/C15H18FNOS/c1-11(12-6-3-4-7-13(12)16)17-10-15(2,18)14-8-5-9-19-14/h3-9,11,17-18H,10H2,1-2H3/t11-,15-/m1/s1. The molecule has 2 atom stereocenters. The second-order valence-electron chi connectivity index (χ2n) is 4.88. The van der Waals surface area contributed by atoms with Gasteiger partial charge in [-0.1, -0.05) is 24.3 Å². The lowest BCUT2D eigenvalue weighted by molar-refractivity contribution is 0.0580. The van der Waals surface area contributed by atoms with Crippen molar-refractivity contribution < 1.29 is 9.50 Å². The summed E-state index contributed by atoms with van der Waals surface area (Å²) < 4.78 is 13.6. The van der Waals surface area contributed by atoms with Crippen molar-refractivity contribution in [3.63, 3.8) is 0 Å². The van der Waals surface area contributed by atoms with Gasteiger partial charge in [0.15, 0.2) is 0 Å². The van der Waals surface area contributed by atoms with Crippen molar-refractivity contribution in [2.75, 3.05) is 6.54 Å². The maximum atomic E-state index is 13.6. The molecule has 0 spiro atoms. The van der Waals surface area contributed by atoms with Crippen LogP contribution in [0.5, 0.6) is 0 Å². The zero-order chi connectivity index (χ0) is 13.9. The van der Waals surface area contributed by atoms with E-state index in [2.05, 4.69) is 5.32 Å². The molecule has 2 N–H and O–H groups in total. The largest absolute Gasteiger partial charge is 0.383 e. The van der Waals surface area contributed by atoms with Gasteiger partial charge in [0.1, 0.15) is 11.4 Å². The van der Waals surface area contributed by atoms with Gasteiger partial charge in [-0.05, 0) is 31.4 Å². The van der Waals surface area contributed by atoms with Crippen LogP contribution in [0.1, 0.15) is 30.3 Å². The molecule has 2 nitrogen and oxygen atoms in total. The maximum Gasteiger partial charge on any atom is 0.127 e. The number of benzene rings is 1. The summed E-state index contributed by atoms with van der Waals surface area (Å²) in [5.74, 6) is -0.224. The van der Waals surface area contributed by atoms with Crippen LogP contribution in [-0.4, -0.2) is 11.7 Å². The third-order valence-corrected chi connectivity index (χ3v) is 4.30. The van der Waals surface area contributed by atoms with Gasteiger partial charge in [-0.2, -0.15) is 0 Å². The highest BCUT2D eigenvalue weighted by Crippen LogP contribution is 2.25. The Morgan fingerprint density at radius 1 is 1.32 bits per heavy atom. The quantitative estimate of drug-likeness (QED) is 0.878. The molecule has 2 rings (SSSR count). The van der Waals surface area contributed by atoms with Crippen LogP contribution in [0.2, 0.25) is 0 Å². The Balaban J connectivity index is 2.01. The van der Waals surface area contributed by atoms with Crippen molar-refractivity contribution in [2.24, 2.45) is 0 Å². The normalized spacial score (nSPS) is 16.0. The molecule has 0 fully saturated rings. The number of halogens is 1. The molecule has 1 aromatic heterocycles. The lowest BCUT2D eigenvalue weighted by atomic mass is 10.0. The number of nitrogens with one attached hydrogen (secondary N) is 1. The Kier molecular flexibility index (Phi) is 4.34. The van der Waals surface area contributed by atoms with Gasteiger partial charge >= 0.3 is 0 Å². The number of hydrogen-bond acceptors (Lipinski definition) is 3. The summed E-state index contributed by atoms with van der Waals surface area (Å²) in [7, 11) is 0. The van der Waals surface area contributed by atoms with E-state index in [0.717, 1.165) is 4.88 Å². The summed E-state index contributed by atoms with van der Waals surface area (Å²) >= 11 is 1.52. The van der Waals surface area contributed by atoms with Crippen LogP contribution in [-0.2, 0) is 5.60 Å². The summed E-state index contributed by atoms with van der Waals surface area (Å²) in [6, 6.07) is 10.4. The minimum Gasteiger partial charge on any atom is -0.383 e. The van der Waals surface area contributed by atoms with Crippen molar-refractivity contribution in [1.29, 1.82) is 0 Å². The van der Waals surface area contributed by atoms with Crippen molar-refractivity contribution in [1.82, 2.24) is 5.32 Å².